The van der Waals surface area contributed by atoms with Gasteiger partial charge < -0.3 is 0 Å². The normalized spacial score (nSPS) is 18.5. The average molecular weight is 208 g/mol. The van der Waals surface area contributed by atoms with Crippen molar-refractivity contribution in [2.75, 3.05) is 0 Å². The monoisotopic (exact) mass is 208 g/mol. The van der Waals surface area contributed by atoms with Crippen molar-refractivity contribution in [2.45, 2.75) is 44.5 Å². The van der Waals surface area contributed by atoms with Crippen LogP contribution in [0.1, 0.15) is 20.3 Å². The van der Waals surface area contributed by atoms with Crippen molar-refractivity contribution in [1.82, 2.24) is 0 Å². The molecule has 0 fully saturated rings. The minimum absolute atomic E-state index is 0.274. The summed E-state index contributed by atoms with van der Waals surface area (Å²) in [4.78, 5) is 0. The lowest BCUT2D eigenvalue weighted by Crippen LogP contribution is -2.52. The fraction of sp³-hybridized carbons (Fsp3) is 1.00. The quantitative estimate of drug-likeness (QED) is 0.621. The van der Waals surface area contributed by atoms with E-state index >= 15 is 0 Å². The summed E-state index contributed by atoms with van der Waals surface area (Å²) in [5.74, 6) is -9.90. The van der Waals surface area contributed by atoms with Crippen LogP contribution in [-0.4, -0.2) is 24.2 Å². The number of hydrogen-bond donors (Lipinski definition) is 0. The maximum Gasteiger partial charge on any atom is 0.343 e. The first-order valence-corrected chi connectivity index (χ1v) is 3.71. The van der Waals surface area contributed by atoms with Gasteiger partial charge in [-0.2, -0.15) is 17.6 Å². The minimum Gasteiger partial charge on any atom is -0.241 e. The van der Waals surface area contributed by atoms with Crippen LogP contribution < -0.4 is 0 Å². The van der Waals surface area contributed by atoms with Gasteiger partial charge in [-0.15, -0.1) is 0 Å². The van der Waals surface area contributed by atoms with Gasteiger partial charge >= 0.3 is 11.8 Å². The van der Waals surface area contributed by atoms with E-state index in [1.54, 1.807) is 0 Å². The van der Waals surface area contributed by atoms with Gasteiger partial charge in [0, 0.05) is 0 Å². The van der Waals surface area contributed by atoms with Crippen LogP contribution in [0.4, 0.5) is 26.3 Å². The average Bonchev–Trinajstić information content (AvgIpc) is 2.02. The van der Waals surface area contributed by atoms with E-state index in [9.17, 15) is 26.3 Å². The summed E-state index contributed by atoms with van der Waals surface area (Å²) in [7, 11) is 0. The molecule has 0 heterocycles. The highest BCUT2D eigenvalue weighted by Crippen LogP contribution is 2.42. The van der Waals surface area contributed by atoms with Crippen LogP contribution in [0, 0.1) is 0 Å². The van der Waals surface area contributed by atoms with Crippen molar-refractivity contribution >= 4 is 0 Å². The first-order valence-electron chi connectivity index (χ1n) is 3.71. The molecular formula is C7H10F6. The van der Waals surface area contributed by atoms with Crippen molar-refractivity contribution in [3.63, 3.8) is 0 Å². The van der Waals surface area contributed by atoms with E-state index in [1.807, 2.05) is 0 Å². The lowest BCUT2D eigenvalue weighted by Gasteiger charge is -2.29. The summed E-state index contributed by atoms with van der Waals surface area (Å²) in [5.41, 5.74) is 0. The molecule has 0 aliphatic heterocycles. The molecule has 0 rings (SSSR count). The molecule has 80 valence electrons. The molecule has 0 bridgehead atoms. The molecule has 0 radical (unpaired) electrons. The molecule has 0 nitrogen and oxygen atoms in total. The fourth-order valence-corrected chi connectivity index (χ4v) is 0.730. The minimum atomic E-state index is -4.96. The third-order valence-electron chi connectivity index (χ3n) is 1.70. The number of hydrogen-bond acceptors (Lipinski definition) is 0. The Morgan fingerprint density at radius 1 is 1.00 bits per heavy atom. The largest absolute Gasteiger partial charge is 0.343 e. The Kier molecular flexibility index (Phi) is 3.63. The molecule has 1 unspecified atom stereocenters. The van der Waals surface area contributed by atoms with E-state index in [0.29, 0.717) is 0 Å². The molecule has 13 heavy (non-hydrogen) atoms. The van der Waals surface area contributed by atoms with Gasteiger partial charge in [-0.05, 0) is 13.3 Å². The highest BCUT2D eigenvalue weighted by Gasteiger charge is 2.64. The maximum absolute atomic E-state index is 12.5. The van der Waals surface area contributed by atoms with Gasteiger partial charge in [-0.25, -0.2) is 8.78 Å². The summed E-state index contributed by atoms with van der Waals surface area (Å²) in [5, 5.41) is 0. The van der Waals surface area contributed by atoms with E-state index in [2.05, 4.69) is 0 Å². The molecule has 2 atom stereocenters. The maximum atomic E-state index is 12.5. The zero-order valence-electron chi connectivity index (χ0n) is 7.13. The molecule has 0 amide bonds. The molecule has 0 saturated carbocycles. The molecule has 0 aliphatic carbocycles. The van der Waals surface area contributed by atoms with E-state index in [-0.39, 0.29) is 6.92 Å². The molecule has 0 aromatic carbocycles. The smallest absolute Gasteiger partial charge is 0.241 e. The second kappa shape index (κ2) is 3.75. The van der Waals surface area contributed by atoms with Crippen LogP contribution >= 0.6 is 0 Å². The summed E-state index contributed by atoms with van der Waals surface area (Å²) in [6.45, 7) is 1.26. The molecule has 0 aliphatic rings. The molecule has 6 heteroatoms. The number of rotatable bonds is 4. The highest BCUT2D eigenvalue weighted by atomic mass is 19.3. The third-order valence-corrected chi connectivity index (χ3v) is 1.70. The van der Waals surface area contributed by atoms with Crippen molar-refractivity contribution in [2.24, 2.45) is 0 Å². The van der Waals surface area contributed by atoms with Crippen LogP contribution in [0.15, 0.2) is 0 Å². The Hall–Kier alpha value is -0.420. The van der Waals surface area contributed by atoms with E-state index in [0.717, 1.165) is 6.92 Å². The second-order valence-corrected chi connectivity index (χ2v) is 2.74. The van der Waals surface area contributed by atoms with Crippen LogP contribution in [0.3, 0.4) is 0 Å². The van der Waals surface area contributed by atoms with Crippen LogP contribution in [-0.2, 0) is 0 Å². The topological polar surface area (TPSA) is 0 Å². The van der Waals surface area contributed by atoms with Gasteiger partial charge in [-0.3, -0.25) is 0 Å². The Bertz CT molecular complexity index is 164. The van der Waals surface area contributed by atoms with Gasteiger partial charge in [0.1, 0.15) is 0 Å². The predicted octanol–water partition coefficient (Wildman–Crippen LogP) is 3.36. The Labute approximate surface area is 71.9 Å². The Balaban J connectivity index is 4.80. The summed E-state index contributed by atoms with van der Waals surface area (Å²) in [6, 6.07) is 0. The van der Waals surface area contributed by atoms with Gasteiger partial charge in [0.25, 0.3) is 0 Å². The van der Waals surface area contributed by atoms with E-state index in [4.69, 9.17) is 0 Å². The number of halogens is 6. The number of alkyl halides is 6. The van der Waals surface area contributed by atoms with Crippen molar-refractivity contribution in [3.8, 4) is 0 Å². The van der Waals surface area contributed by atoms with Crippen LogP contribution in [0.2, 0.25) is 0 Å². The summed E-state index contributed by atoms with van der Waals surface area (Å²) in [6.07, 6.45) is -6.89. The Morgan fingerprint density at radius 2 is 1.38 bits per heavy atom. The predicted molar refractivity (Wildman–Crippen MR) is 35.7 cm³/mol. The third kappa shape index (κ3) is 2.08. The SMILES string of the molecule is CC[C@H](F)C(F)(F)C(F)(F)C(C)F. The van der Waals surface area contributed by atoms with Crippen molar-refractivity contribution < 1.29 is 26.3 Å². The van der Waals surface area contributed by atoms with Crippen molar-refractivity contribution in [1.29, 1.82) is 0 Å². The fourth-order valence-electron chi connectivity index (χ4n) is 0.730. The van der Waals surface area contributed by atoms with Gasteiger partial charge in [0.05, 0.1) is 0 Å². The molecule has 0 aromatic heterocycles. The second-order valence-electron chi connectivity index (χ2n) is 2.74. The van der Waals surface area contributed by atoms with Crippen molar-refractivity contribution in [3.05, 3.63) is 0 Å². The standard InChI is InChI=1S/C7H10F6/c1-3-5(9)7(12,13)6(10,11)4(2)8/h4-5H,3H2,1-2H3/t4?,5-/m0/s1. The van der Waals surface area contributed by atoms with E-state index < -0.39 is 30.6 Å². The Morgan fingerprint density at radius 3 is 1.62 bits per heavy atom. The molecule has 0 N–H and O–H groups in total. The van der Waals surface area contributed by atoms with Crippen LogP contribution in [0.5, 0.6) is 0 Å². The molecule has 0 spiro atoms. The highest BCUT2D eigenvalue weighted by molar-refractivity contribution is 4.93. The molecular weight excluding hydrogens is 198 g/mol. The lowest BCUT2D eigenvalue weighted by atomic mass is 10.0. The summed E-state index contributed by atoms with van der Waals surface area (Å²) >= 11 is 0. The van der Waals surface area contributed by atoms with E-state index in [1.165, 1.54) is 0 Å². The zero-order valence-corrected chi connectivity index (χ0v) is 7.13. The first-order chi connectivity index (χ1) is 5.67. The molecule has 0 saturated heterocycles. The first kappa shape index (κ1) is 12.6. The molecule has 0 aromatic rings. The van der Waals surface area contributed by atoms with Crippen LogP contribution in [0.25, 0.3) is 0 Å². The van der Waals surface area contributed by atoms with Gasteiger partial charge in [0.2, 0.25) is 0 Å². The van der Waals surface area contributed by atoms with Gasteiger partial charge in [-0.1, -0.05) is 6.92 Å². The zero-order chi connectivity index (χ0) is 10.9. The van der Waals surface area contributed by atoms with Gasteiger partial charge in [0.15, 0.2) is 12.3 Å². The lowest BCUT2D eigenvalue weighted by molar-refractivity contribution is -0.261. The summed E-state index contributed by atoms with van der Waals surface area (Å²) < 4.78 is 74.2.